The molecule has 0 amide bonds. The Hall–Kier alpha value is -2.05. The van der Waals surface area contributed by atoms with E-state index in [2.05, 4.69) is 0 Å². The zero-order valence-electron chi connectivity index (χ0n) is 12.7. The van der Waals surface area contributed by atoms with Crippen molar-refractivity contribution in [2.75, 3.05) is 6.61 Å². The summed E-state index contributed by atoms with van der Waals surface area (Å²) in [5.74, 6) is -0.969. The summed E-state index contributed by atoms with van der Waals surface area (Å²) < 4.78 is 15.9. The van der Waals surface area contributed by atoms with Crippen LogP contribution in [0.15, 0.2) is 30.4 Å². The quantitative estimate of drug-likeness (QED) is 0.670. The van der Waals surface area contributed by atoms with Crippen LogP contribution in [0.3, 0.4) is 0 Å². The zero-order valence-corrected chi connectivity index (χ0v) is 13.4. The molecule has 0 saturated carbocycles. The molecule has 0 saturated heterocycles. The molecule has 3 atom stereocenters. The highest BCUT2D eigenvalue weighted by molar-refractivity contribution is 6.32. The predicted octanol–water partition coefficient (Wildman–Crippen LogP) is 2.54. The van der Waals surface area contributed by atoms with Gasteiger partial charge < -0.3 is 19.3 Å². The summed E-state index contributed by atoms with van der Waals surface area (Å²) in [7, 11) is 0. The molecule has 23 heavy (non-hydrogen) atoms. The summed E-state index contributed by atoms with van der Waals surface area (Å²) in [4.78, 5) is 22.2. The van der Waals surface area contributed by atoms with Crippen LogP contribution in [-0.2, 0) is 23.8 Å². The third kappa shape index (κ3) is 4.71. The normalized spacial score (nSPS) is 23.3. The molecule has 1 aromatic carbocycles. The fourth-order valence-electron chi connectivity index (χ4n) is 2.18. The van der Waals surface area contributed by atoms with E-state index in [0.717, 1.165) is 0 Å². The topological polar surface area (TPSA) is 82.1 Å². The highest BCUT2D eigenvalue weighted by Gasteiger charge is 2.31. The van der Waals surface area contributed by atoms with Crippen molar-refractivity contribution in [3.05, 3.63) is 40.9 Å². The maximum absolute atomic E-state index is 11.2. The molecule has 7 heteroatoms. The molecule has 2 rings (SSSR count). The van der Waals surface area contributed by atoms with E-state index in [1.165, 1.54) is 19.9 Å². The van der Waals surface area contributed by atoms with E-state index in [4.69, 9.17) is 25.8 Å². The van der Waals surface area contributed by atoms with Crippen molar-refractivity contribution >= 4 is 23.5 Å². The molecule has 0 aromatic heterocycles. The first-order valence-corrected chi connectivity index (χ1v) is 7.37. The molecule has 6 nitrogen and oxygen atoms in total. The van der Waals surface area contributed by atoms with Gasteiger partial charge in [0.25, 0.3) is 0 Å². The van der Waals surface area contributed by atoms with Crippen LogP contribution in [0.25, 0.3) is 0 Å². The van der Waals surface area contributed by atoms with Crippen LogP contribution in [0.5, 0.6) is 5.75 Å². The monoisotopic (exact) mass is 340 g/mol. The van der Waals surface area contributed by atoms with Crippen LogP contribution in [-0.4, -0.2) is 35.9 Å². The van der Waals surface area contributed by atoms with Crippen molar-refractivity contribution in [1.82, 2.24) is 0 Å². The predicted molar refractivity (Wildman–Crippen MR) is 82.1 cm³/mol. The van der Waals surface area contributed by atoms with Gasteiger partial charge in [0.05, 0.1) is 5.02 Å². The number of halogens is 1. The summed E-state index contributed by atoms with van der Waals surface area (Å²) >= 11 is 5.79. The van der Waals surface area contributed by atoms with Gasteiger partial charge in [-0.2, -0.15) is 0 Å². The number of rotatable bonds is 4. The van der Waals surface area contributed by atoms with Crippen molar-refractivity contribution in [2.45, 2.75) is 32.2 Å². The second-order valence-corrected chi connectivity index (χ2v) is 5.47. The first-order chi connectivity index (χ1) is 10.9. The van der Waals surface area contributed by atoms with Crippen LogP contribution < -0.4 is 0 Å². The average Bonchev–Trinajstić information content (AvgIpc) is 2.48. The second-order valence-electron chi connectivity index (χ2n) is 5.07. The van der Waals surface area contributed by atoms with Crippen molar-refractivity contribution in [3.63, 3.8) is 0 Å². The van der Waals surface area contributed by atoms with Gasteiger partial charge >= 0.3 is 11.9 Å². The maximum Gasteiger partial charge on any atom is 0.303 e. The first-order valence-electron chi connectivity index (χ1n) is 6.99. The summed E-state index contributed by atoms with van der Waals surface area (Å²) in [6.07, 6.45) is 1.61. The molecule has 124 valence electrons. The SMILES string of the molecule is CC(=O)OC[C@H]1O[C@H](c2ccc(Cl)c(O)c2)C=C[C@@H]1OC(C)=O. The van der Waals surface area contributed by atoms with Crippen molar-refractivity contribution in [1.29, 1.82) is 0 Å². The lowest BCUT2D eigenvalue weighted by atomic mass is 10.0. The lowest BCUT2D eigenvalue weighted by Gasteiger charge is -2.31. The average molecular weight is 341 g/mol. The van der Waals surface area contributed by atoms with Gasteiger partial charge in [-0.25, -0.2) is 0 Å². The Morgan fingerprint density at radius 3 is 2.61 bits per heavy atom. The lowest BCUT2D eigenvalue weighted by Crippen LogP contribution is -2.39. The van der Waals surface area contributed by atoms with E-state index in [9.17, 15) is 14.7 Å². The number of phenolic OH excluding ortho intramolecular Hbond substituents is 1. The fraction of sp³-hybridized carbons (Fsp3) is 0.375. The Kier molecular flexibility index (Phi) is 5.63. The molecular weight excluding hydrogens is 324 g/mol. The number of hydrogen-bond donors (Lipinski definition) is 1. The van der Waals surface area contributed by atoms with Crippen LogP contribution >= 0.6 is 11.6 Å². The van der Waals surface area contributed by atoms with Gasteiger partial charge in [0.2, 0.25) is 0 Å². The Morgan fingerprint density at radius 2 is 2.00 bits per heavy atom. The molecule has 1 aliphatic heterocycles. The number of aromatic hydroxyl groups is 1. The van der Waals surface area contributed by atoms with Gasteiger partial charge in [0.1, 0.15) is 30.7 Å². The highest BCUT2D eigenvalue weighted by atomic mass is 35.5. The molecule has 1 aromatic rings. The Balaban J connectivity index is 2.18. The number of phenols is 1. The largest absolute Gasteiger partial charge is 0.506 e. The summed E-state index contributed by atoms with van der Waals surface area (Å²) in [6.45, 7) is 2.53. The van der Waals surface area contributed by atoms with Gasteiger partial charge in [0, 0.05) is 13.8 Å². The molecule has 0 fully saturated rings. The fourth-order valence-corrected chi connectivity index (χ4v) is 2.30. The molecule has 1 aliphatic rings. The van der Waals surface area contributed by atoms with Crippen LogP contribution in [0, 0.1) is 0 Å². The Bertz CT molecular complexity index is 627. The summed E-state index contributed by atoms with van der Waals surface area (Å²) in [5, 5.41) is 9.93. The van der Waals surface area contributed by atoms with E-state index in [0.29, 0.717) is 5.56 Å². The molecule has 0 unspecified atom stereocenters. The number of carbonyl (C=O) groups is 2. The smallest absolute Gasteiger partial charge is 0.303 e. The molecule has 0 aliphatic carbocycles. The standard InChI is InChI=1S/C16H17ClO6/c1-9(18)21-8-16-15(22-10(2)19)6-5-14(23-16)11-3-4-12(17)13(20)7-11/h3-7,14-16,20H,8H2,1-2H3/t14-,15-,16+/m0/s1. The van der Waals surface area contributed by atoms with Gasteiger partial charge in [-0.3, -0.25) is 9.59 Å². The summed E-state index contributed by atoms with van der Waals surface area (Å²) in [6, 6.07) is 4.77. The second kappa shape index (κ2) is 7.48. The van der Waals surface area contributed by atoms with E-state index < -0.39 is 30.3 Å². The maximum atomic E-state index is 11.2. The molecule has 0 bridgehead atoms. The van der Waals surface area contributed by atoms with Crippen molar-refractivity contribution in [3.8, 4) is 5.75 Å². The van der Waals surface area contributed by atoms with E-state index in [1.54, 1.807) is 24.3 Å². The number of benzene rings is 1. The Labute approximate surface area is 138 Å². The molecule has 0 radical (unpaired) electrons. The van der Waals surface area contributed by atoms with Gasteiger partial charge in [-0.15, -0.1) is 0 Å². The number of ether oxygens (including phenoxy) is 3. The molecule has 1 N–H and O–H groups in total. The minimum absolute atomic E-state index is 0.0479. The molecule has 1 heterocycles. The summed E-state index contributed by atoms with van der Waals surface area (Å²) in [5.41, 5.74) is 0.678. The van der Waals surface area contributed by atoms with E-state index in [1.807, 2.05) is 0 Å². The lowest BCUT2D eigenvalue weighted by molar-refractivity contribution is -0.163. The minimum atomic E-state index is -0.649. The van der Waals surface area contributed by atoms with Crippen molar-refractivity contribution in [2.24, 2.45) is 0 Å². The third-order valence-corrected chi connectivity index (χ3v) is 3.53. The van der Waals surface area contributed by atoms with Gasteiger partial charge in [-0.1, -0.05) is 23.7 Å². The number of carbonyl (C=O) groups excluding carboxylic acids is 2. The molecule has 0 spiro atoms. The van der Waals surface area contributed by atoms with Gasteiger partial charge in [-0.05, 0) is 23.8 Å². The van der Waals surface area contributed by atoms with Crippen LogP contribution in [0.4, 0.5) is 0 Å². The third-order valence-electron chi connectivity index (χ3n) is 3.22. The van der Waals surface area contributed by atoms with Gasteiger partial charge in [0.15, 0.2) is 0 Å². The highest BCUT2D eigenvalue weighted by Crippen LogP contribution is 2.32. The van der Waals surface area contributed by atoms with E-state index >= 15 is 0 Å². The van der Waals surface area contributed by atoms with Crippen molar-refractivity contribution < 1.29 is 28.9 Å². The minimum Gasteiger partial charge on any atom is -0.506 e. The first kappa shape index (κ1) is 17.3. The van der Waals surface area contributed by atoms with Crippen LogP contribution in [0.1, 0.15) is 25.5 Å². The molecular formula is C16H17ClO6. The van der Waals surface area contributed by atoms with E-state index in [-0.39, 0.29) is 17.4 Å². The number of esters is 2. The zero-order chi connectivity index (χ0) is 17.0. The number of hydrogen-bond acceptors (Lipinski definition) is 6. The van der Waals surface area contributed by atoms with Crippen LogP contribution in [0.2, 0.25) is 5.02 Å². The Morgan fingerprint density at radius 1 is 1.26 bits per heavy atom.